The predicted molar refractivity (Wildman–Crippen MR) is 136 cm³/mol. The Morgan fingerprint density at radius 1 is 1.06 bits per heavy atom. The number of hydrogen-bond acceptors (Lipinski definition) is 4. The molecule has 0 bridgehead atoms. The molecule has 2 aromatic carbocycles. The fourth-order valence-electron chi connectivity index (χ4n) is 4.62. The summed E-state index contributed by atoms with van der Waals surface area (Å²) in [6, 6.07) is 16.8. The first-order valence-electron chi connectivity index (χ1n) is 12.0. The molecule has 6 heteroatoms. The summed E-state index contributed by atoms with van der Waals surface area (Å²) < 4.78 is 1.90. The van der Waals surface area contributed by atoms with E-state index < -0.39 is 0 Å². The van der Waals surface area contributed by atoms with Crippen LogP contribution in [0.15, 0.2) is 60.9 Å². The minimum atomic E-state index is -0.0524. The minimum absolute atomic E-state index is 0.0524. The summed E-state index contributed by atoms with van der Waals surface area (Å²) >= 11 is 0. The van der Waals surface area contributed by atoms with Crippen LogP contribution in [0.4, 0.5) is 5.82 Å². The maximum atomic E-state index is 13.0. The average Bonchev–Trinajstić information content (AvgIpc) is 3.30. The van der Waals surface area contributed by atoms with E-state index in [9.17, 15) is 4.79 Å². The zero-order valence-electron chi connectivity index (χ0n) is 20.1. The quantitative estimate of drug-likeness (QED) is 0.469. The van der Waals surface area contributed by atoms with Gasteiger partial charge in [-0.2, -0.15) is 5.10 Å². The molecule has 6 nitrogen and oxygen atoms in total. The van der Waals surface area contributed by atoms with Crippen LogP contribution in [-0.2, 0) is 11.3 Å². The van der Waals surface area contributed by atoms with Crippen LogP contribution in [0.3, 0.4) is 0 Å². The van der Waals surface area contributed by atoms with Crippen LogP contribution in [0.1, 0.15) is 35.1 Å². The predicted octanol–water partition coefficient (Wildman–Crippen LogP) is 4.85. The number of benzene rings is 2. The smallest absolute Gasteiger partial charge is 0.225 e. The Balaban J connectivity index is 1.33. The number of anilines is 1. The fraction of sp³-hybridized carbons (Fsp3) is 0.321. The number of carbonyl (C=O) groups is 1. The summed E-state index contributed by atoms with van der Waals surface area (Å²) in [5.41, 5.74) is 7.87. The monoisotopic (exact) mass is 453 g/mol. The van der Waals surface area contributed by atoms with E-state index in [0.717, 1.165) is 47.5 Å². The first kappa shape index (κ1) is 22.1. The van der Waals surface area contributed by atoms with Crippen molar-refractivity contribution >= 4 is 17.2 Å². The van der Waals surface area contributed by atoms with Crippen molar-refractivity contribution in [3.05, 3.63) is 83.2 Å². The average molecular weight is 454 g/mol. The molecule has 4 aromatic rings. The van der Waals surface area contributed by atoms with E-state index in [1.165, 1.54) is 16.7 Å². The second kappa shape index (κ2) is 9.29. The number of aromatic nitrogens is 3. The topological polar surface area (TPSA) is 62.5 Å². The minimum Gasteiger partial charge on any atom is -0.354 e. The maximum absolute atomic E-state index is 13.0. The van der Waals surface area contributed by atoms with Gasteiger partial charge < -0.3 is 10.2 Å². The molecule has 1 amide bonds. The summed E-state index contributed by atoms with van der Waals surface area (Å²) in [4.78, 5) is 19.9. The summed E-state index contributed by atoms with van der Waals surface area (Å²) in [5, 5.41) is 7.93. The first-order valence-corrected chi connectivity index (χ1v) is 12.0. The van der Waals surface area contributed by atoms with E-state index in [0.29, 0.717) is 13.1 Å². The number of hydrogen-bond donors (Lipinski definition) is 1. The van der Waals surface area contributed by atoms with Crippen molar-refractivity contribution in [3.63, 3.8) is 0 Å². The van der Waals surface area contributed by atoms with Crippen LogP contribution in [-0.4, -0.2) is 33.6 Å². The lowest BCUT2D eigenvalue weighted by Crippen LogP contribution is -2.43. The number of aryl methyl sites for hydroxylation is 3. The highest BCUT2D eigenvalue weighted by atomic mass is 16.1. The lowest BCUT2D eigenvalue weighted by molar-refractivity contribution is -0.125. The van der Waals surface area contributed by atoms with Crippen molar-refractivity contribution < 1.29 is 4.79 Å². The van der Waals surface area contributed by atoms with Crippen LogP contribution in [0.5, 0.6) is 0 Å². The number of amides is 1. The van der Waals surface area contributed by atoms with Crippen LogP contribution in [0, 0.1) is 26.7 Å². The molecule has 1 N–H and O–H groups in total. The maximum Gasteiger partial charge on any atom is 0.225 e. The molecule has 1 fully saturated rings. The third-order valence-corrected chi connectivity index (χ3v) is 6.85. The molecule has 1 saturated heterocycles. The molecule has 0 spiro atoms. The van der Waals surface area contributed by atoms with Gasteiger partial charge in [0, 0.05) is 37.6 Å². The van der Waals surface area contributed by atoms with Gasteiger partial charge in [0.2, 0.25) is 5.91 Å². The van der Waals surface area contributed by atoms with E-state index in [2.05, 4.69) is 79.5 Å². The van der Waals surface area contributed by atoms with Gasteiger partial charge in [-0.15, -0.1) is 0 Å². The van der Waals surface area contributed by atoms with E-state index in [1.54, 1.807) is 6.20 Å². The van der Waals surface area contributed by atoms with Crippen LogP contribution in [0.2, 0.25) is 0 Å². The molecular weight excluding hydrogens is 422 g/mol. The van der Waals surface area contributed by atoms with E-state index in [4.69, 9.17) is 10.1 Å². The molecule has 34 heavy (non-hydrogen) atoms. The Hall–Kier alpha value is -3.67. The largest absolute Gasteiger partial charge is 0.354 e. The third-order valence-electron chi connectivity index (χ3n) is 6.85. The standard InChI is InChI=1S/C28H31N5O/c1-19-6-9-22(10-7-19)17-30-28(34)24-5-4-13-32(18-24)27-26-16-25(31-33(26)14-12-29-27)23-11-8-20(2)21(3)15-23/h6-12,14-16,24H,4-5,13,17-18H2,1-3H3,(H,30,34)/t24-/m1/s1. The van der Waals surface area contributed by atoms with Crippen molar-refractivity contribution in [2.45, 2.75) is 40.2 Å². The number of nitrogens with one attached hydrogen (secondary N) is 1. The van der Waals surface area contributed by atoms with Gasteiger partial charge in [-0.3, -0.25) is 4.79 Å². The second-order valence-corrected chi connectivity index (χ2v) is 9.40. The molecule has 2 aromatic heterocycles. The Bertz CT molecular complexity index is 1320. The van der Waals surface area contributed by atoms with E-state index in [-0.39, 0.29) is 11.8 Å². The van der Waals surface area contributed by atoms with Crippen molar-refractivity contribution in [1.29, 1.82) is 0 Å². The number of piperidine rings is 1. The lowest BCUT2D eigenvalue weighted by atomic mass is 9.97. The lowest BCUT2D eigenvalue weighted by Gasteiger charge is -2.33. The van der Waals surface area contributed by atoms with Gasteiger partial charge in [0.1, 0.15) is 5.52 Å². The highest BCUT2D eigenvalue weighted by Gasteiger charge is 2.27. The third kappa shape index (κ3) is 4.53. The first-order chi connectivity index (χ1) is 16.5. The van der Waals surface area contributed by atoms with Crippen LogP contribution >= 0.6 is 0 Å². The van der Waals surface area contributed by atoms with Gasteiger partial charge in [-0.05, 0) is 62.4 Å². The van der Waals surface area contributed by atoms with E-state index in [1.807, 2.05) is 10.7 Å². The fourth-order valence-corrected chi connectivity index (χ4v) is 4.62. The number of nitrogens with zero attached hydrogens (tertiary/aromatic N) is 4. The van der Waals surface area contributed by atoms with Gasteiger partial charge in [0.15, 0.2) is 5.82 Å². The molecular formula is C28H31N5O. The summed E-state index contributed by atoms with van der Waals surface area (Å²) in [6.07, 6.45) is 5.54. The van der Waals surface area contributed by atoms with E-state index >= 15 is 0 Å². The van der Waals surface area contributed by atoms with Crippen LogP contribution < -0.4 is 10.2 Å². The Kier molecular flexibility index (Phi) is 6.05. The van der Waals surface area contributed by atoms with Crippen molar-refractivity contribution in [1.82, 2.24) is 19.9 Å². The summed E-state index contributed by atoms with van der Waals surface area (Å²) in [5.74, 6) is 0.950. The van der Waals surface area contributed by atoms with Gasteiger partial charge in [0.25, 0.3) is 0 Å². The second-order valence-electron chi connectivity index (χ2n) is 9.40. The Morgan fingerprint density at radius 2 is 1.88 bits per heavy atom. The van der Waals surface area contributed by atoms with Gasteiger partial charge in [-0.25, -0.2) is 9.50 Å². The molecule has 0 radical (unpaired) electrons. The molecule has 0 saturated carbocycles. The molecule has 174 valence electrons. The van der Waals surface area contributed by atoms with Crippen molar-refractivity contribution in [2.75, 3.05) is 18.0 Å². The zero-order chi connectivity index (χ0) is 23.7. The molecule has 1 aliphatic heterocycles. The van der Waals surface area contributed by atoms with Crippen LogP contribution in [0.25, 0.3) is 16.8 Å². The zero-order valence-corrected chi connectivity index (χ0v) is 20.1. The number of fused-ring (bicyclic) bond motifs is 1. The van der Waals surface area contributed by atoms with Crippen molar-refractivity contribution in [2.24, 2.45) is 5.92 Å². The Labute approximate surface area is 200 Å². The molecule has 5 rings (SSSR count). The highest BCUT2D eigenvalue weighted by Crippen LogP contribution is 2.29. The molecule has 3 heterocycles. The molecule has 1 atom stereocenters. The number of rotatable bonds is 5. The highest BCUT2D eigenvalue weighted by molar-refractivity contribution is 5.81. The van der Waals surface area contributed by atoms with Gasteiger partial charge in [-0.1, -0.05) is 42.0 Å². The molecule has 0 aliphatic carbocycles. The van der Waals surface area contributed by atoms with Gasteiger partial charge >= 0.3 is 0 Å². The molecule has 0 unspecified atom stereocenters. The van der Waals surface area contributed by atoms with Crippen molar-refractivity contribution in [3.8, 4) is 11.3 Å². The van der Waals surface area contributed by atoms with Gasteiger partial charge in [0.05, 0.1) is 11.6 Å². The molecule has 1 aliphatic rings. The summed E-state index contributed by atoms with van der Waals surface area (Å²) in [7, 11) is 0. The SMILES string of the molecule is Cc1ccc(CNC(=O)[C@@H]2CCCN(c3nccn4nc(-c5ccc(C)c(C)c5)cc34)C2)cc1. The Morgan fingerprint density at radius 3 is 2.68 bits per heavy atom. The number of carbonyl (C=O) groups excluding carboxylic acids is 1. The summed E-state index contributed by atoms with van der Waals surface area (Å²) in [6.45, 7) is 8.42. The normalized spacial score (nSPS) is 16.1.